The van der Waals surface area contributed by atoms with Gasteiger partial charge in [0, 0.05) is 18.0 Å². The molecule has 3 rings (SSSR count). The number of anilines is 1. The summed E-state index contributed by atoms with van der Waals surface area (Å²) in [6.45, 7) is 5.03. The zero-order valence-electron chi connectivity index (χ0n) is 15.8. The second kappa shape index (κ2) is 7.47. The Bertz CT molecular complexity index is 873. The van der Waals surface area contributed by atoms with Gasteiger partial charge in [0.05, 0.1) is 11.0 Å². The van der Waals surface area contributed by atoms with Crippen LogP contribution in [0, 0.1) is 5.92 Å². The van der Waals surface area contributed by atoms with Gasteiger partial charge >= 0.3 is 0 Å². The second-order valence-corrected chi connectivity index (χ2v) is 10.4. The van der Waals surface area contributed by atoms with E-state index < -0.39 is 14.8 Å². The van der Waals surface area contributed by atoms with Gasteiger partial charge in [-0.3, -0.25) is 9.89 Å². The lowest BCUT2D eigenvalue weighted by molar-refractivity contribution is -0.120. The van der Waals surface area contributed by atoms with E-state index in [1.165, 1.54) is 0 Å². The van der Waals surface area contributed by atoms with E-state index in [-0.39, 0.29) is 17.9 Å². The molecule has 0 saturated heterocycles. The number of aromatic amines is 1. The molecule has 9 heteroatoms. The molecule has 1 fully saturated rings. The fourth-order valence-electron chi connectivity index (χ4n) is 3.04. The summed E-state index contributed by atoms with van der Waals surface area (Å²) in [5.74, 6) is 0.852. The van der Waals surface area contributed by atoms with Crippen molar-refractivity contribution in [2.75, 3.05) is 5.32 Å². The number of furan rings is 1. The zero-order valence-corrected chi connectivity index (χ0v) is 16.6. The Hall–Kier alpha value is -2.13. The molecule has 8 nitrogen and oxygen atoms in total. The van der Waals surface area contributed by atoms with Crippen LogP contribution in [-0.2, 0) is 14.8 Å². The summed E-state index contributed by atoms with van der Waals surface area (Å²) >= 11 is 0. The van der Waals surface area contributed by atoms with Crippen molar-refractivity contribution in [3.05, 3.63) is 24.5 Å². The summed E-state index contributed by atoms with van der Waals surface area (Å²) in [6.07, 6.45) is 4.13. The third-order valence-corrected chi connectivity index (χ3v) is 7.10. The van der Waals surface area contributed by atoms with Gasteiger partial charge in [-0.1, -0.05) is 0 Å². The fourth-order valence-corrected chi connectivity index (χ4v) is 4.07. The van der Waals surface area contributed by atoms with Gasteiger partial charge in [-0.15, -0.1) is 0 Å². The highest BCUT2D eigenvalue weighted by atomic mass is 32.2. The highest BCUT2D eigenvalue weighted by molar-refractivity contribution is 7.90. The quantitative estimate of drug-likeness (QED) is 0.721. The molecule has 27 heavy (non-hydrogen) atoms. The van der Waals surface area contributed by atoms with Crippen molar-refractivity contribution in [3.8, 4) is 11.5 Å². The van der Waals surface area contributed by atoms with Crippen LogP contribution >= 0.6 is 0 Å². The minimum absolute atomic E-state index is 0.0929. The van der Waals surface area contributed by atoms with Crippen molar-refractivity contribution >= 4 is 21.7 Å². The Morgan fingerprint density at radius 1 is 1.26 bits per heavy atom. The summed E-state index contributed by atoms with van der Waals surface area (Å²) in [5, 5.41) is 9.74. The molecule has 1 aliphatic rings. The van der Waals surface area contributed by atoms with Crippen LogP contribution in [0.4, 0.5) is 5.82 Å². The van der Waals surface area contributed by atoms with Crippen LogP contribution in [0.5, 0.6) is 0 Å². The number of carbonyl (C=O) groups excluding carboxylic acids is 1. The maximum Gasteiger partial charge on any atom is 0.228 e. The van der Waals surface area contributed by atoms with Crippen LogP contribution in [0.2, 0.25) is 0 Å². The number of hydrogen-bond donors (Lipinski definition) is 3. The lowest BCUT2D eigenvalue weighted by Gasteiger charge is -2.30. The Morgan fingerprint density at radius 2 is 1.96 bits per heavy atom. The molecule has 1 amide bonds. The predicted octanol–water partition coefficient (Wildman–Crippen LogP) is 2.88. The maximum atomic E-state index is 12.5. The molecular weight excluding hydrogens is 368 g/mol. The van der Waals surface area contributed by atoms with Crippen LogP contribution in [-0.4, -0.2) is 35.3 Å². The van der Waals surface area contributed by atoms with Crippen LogP contribution in [0.15, 0.2) is 28.9 Å². The Balaban J connectivity index is 1.52. The summed E-state index contributed by atoms with van der Waals surface area (Å²) in [6, 6.07) is 5.19. The van der Waals surface area contributed by atoms with Gasteiger partial charge < -0.3 is 9.73 Å². The fraction of sp³-hybridized carbons (Fsp3) is 0.556. The number of carbonyl (C=O) groups is 1. The van der Waals surface area contributed by atoms with Crippen molar-refractivity contribution in [2.45, 2.75) is 57.2 Å². The zero-order chi connectivity index (χ0) is 19.7. The van der Waals surface area contributed by atoms with Gasteiger partial charge in [0.25, 0.3) is 0 Å². The van der Waals surface area contributed by atoms with Crippen LogP contribution < -0.4 is 10.0 Å². The van der Waals surface area contributed by atoms with Crippen molar-refractivity contribution < 1.29 is 17.6 Å². The monoisotopic (exact) mass is 394 g/mol. The lowest BCUT2D eigenvalue weighted by atomic mass is 9.86. The van der Waals surface area contributed by atoms with Gasteiger partial charge in [-0.2, -0.15) is 5.10 Å². The number of rotatable bonds is 5. The van der Waals surface area contributed by atoms with Crippen LogP contribution in [0.25, 0.3) is 11.5 Å². The highest BCUT2D eigenvalue weighted by Gasteiger charge is 2.34. The molecule has 2 heterocycles. The third kappa shape index (κ3) is 4.59. The molecule has 0 aromatic carbocycles. The molecule has 1 saturated carbocycles. The van der Waals surface area contributed by atoms with E-state index in [0.29, 0.717) is 43.0 Å². The average Bonchev–Trinajstić information content (AvgIpc) is 3.25. The molecular formula is C18H26N4O4S. The van der Waals surface area contributed by atoms with Crippen molar-refractivity contribution in [1.82, 2.24) is 14.9 Å². The topological polar surface area (TPSA) is 117 Å². The third-order valence-electron chi connectivity index (χ3n) is 4.84. The van der Waals surface area contributed by atoms with Gasteiger partial charge in [0.15, 0.2) is 11.6 Å². The van der Waals surface area contributed by atoms with Crippen LogP contribution in [0.3, 0.4) is 0 Å². The Labute approximate surface area is 159 Å². The number of hydrogen-bond acceptors (Lipinski definition) is 5. The van der Waals surface area contributed by atoms with Gasteiger partial charge in [0.2, 0.25) is 15.9 Å². The molecule has 2 aromatic heterocycles. The maximum absolute atomic E-state index is 12.5. The minimum Gasteiger partial charge on any atom is -0.463 e. The number of amides is 1. The molecule has 0 bridgehead atoms. The SMILES string of the molecule is CC(C)(C)S(=O)(=O)NC1CCC(C(=O)Nc2cc(-c3ccco3)[nH]n2)CC1. The average molecular weight is 394 g/mol. The summed E-state index contributed by atoms with van der Waals surface area (Å²) in [4.78, 5) is 12.5. The first-order valence-electron chi connectivity index (χ1n) is 9.08. The number of aromatic nitrogens is 2. The van der Waals surface area contributed by atoms with E-state index in [0.717, 1.165) is 0 Å². The molecule has 1 aliphatic carbocycles. The molecule has 0 spiro atoms. The molecule has 148 valence electrons. The smallest absolute Gasteiger partial charge is 0.228 e. The van der Waals surface area contributed by atoms with Crippen molar-refractivity contribution in [2.24, 2.45) is 5.92 Å². The van der Waals surface area contributed by atoms with E-state index in [4.69, 9.17) is 4.42 Å². The summed E-state index contributed by atoms with van der Waals surface area (Å²) in [5.41, 5.74) is 0.690. The first-order valence-corrected chi connectivity index (χ1v) is 10.6. The van der Waals surface area contributed by atoms with Crippen molar-refractivity contribution in [1.29, 1.82) is 0 Å². The first-order chi connectivity index (χ1) is 12.7. The summed E-state index contributed by atoms with van der Waals surface area (Å²) in [7, 11) is -3.38. The van der Waals surface area contributed by atoms with E-state index in [1.807, 2.05) is 0 Å². The van der Waals surface area contributed by atoms with Gasteiger partial charge in [-0.25, -0.2) is 13.1 Å². The Morgan fingerprint density at radius 3 is 2.56 bits per heavy atom. The first kappa shape index (κ1) is 19.6. The normalized spacial score (nSPS) is 21.1. The largest absolute Gasteiger partial charge is 0.463 e. The van der Waals surface area contributed by atoms with E-state index >= 15 is 0 Å². The van der Waals surface area contributed by atoms with Crippen LogP contribution in [0.1, 0.15) is 46.5 Å². The highest BCUT2D eigenvalue weighted by Crippen LogP contribution is 2.28. The number of nitrogens with one attached hydrogen (secondary N) is 3. The summed E-state index contributed by atoms with van der Waals surface area (Å²) < 4.78 is 31.8. The molecule has 0 unspecified atom stereocenters. The lowest BCUT2D eigenvalue weighted by Crippen LogP contribution is -2.46. The molecule has 0 aliphatic heterocycles. The van der Waals surface area contributed by atoms with Crippen molar-refractivity contribution in [3.63, 3.8) is 0 Å². The molecule has 2 aromatic rings. The van der Waals surface area contributed by atoms with Gasteiger partial charge in [0.1, 0.15) is 5.69 Å². The van der Waals surface area contributed by atoms with E-state index in [9.17, 15) is 13.2 Å². The number of nitrogens with zero attached hydrogens (tertiary/aromatic N) is 1. The van der Waals surface area contributed by atoms with E-state index in [1.54, 1.807) is 45.2 Å². The predicted molar refractivity (Wildman–Crippen MR) is 102 cm³/mol. The Kier molecular flexibility index (Phi) is 5.43. The molecule has 0 radical (unpaired) electrons. The number of H-pyrrole nitrogens is 1. The standard InChI is InChI=1S/C18H26N4O4S/c1-18(2,3)27(24,25)22-13-8-6-12(7-9-13)17(23)19-16-11-14(20-21-16)15-5-4-10-26-15/h4-5,10-13,22H,6-9H2,1-3H3,(H2,19,20,21,23). The van der Waals surface area contributed by atoms with Gasteiger partial charge in [-0.05, 0) is 58.6 Å². The molecule has 3 N–H and O–H groups in total. The number of sulfonamides is 1. The molecule has 0 atom stereocenters. The second-order valence-electron chi connectivity index (χ2n) is 7.92. The van der Waals surface area contributed by atoms with E-state index in [2.05, 4.69) is 20.2 Å². The minimum atomic E-state index is -3.38.